The molecule has 0 radical (unpaired) electrons. The number of anilines is 2. The van der Waals surface area contributed by atoms with E-state index in [0.717, 1.165) is 53.9 Å². The summed E-state index contributed by atoms with van der Waals surface area (Å²) in [4.78, 5) is 4.42. The fourth-order valence-corrected chi connectivity index (χ4v) is 3.07. The number of rotatable bonds is 3. The van der Waals surface area contributed by atoms with Crippen LogP contribution in [0.25, 0.3) is 10.9 Å². The van der Waals surface area contributed by atoms with Crippen LogP contribution in [0.5, 0.6) is 0 Å². The molecule has 1 saturated carbocycles. The molecule has 1 aromatic carbocycles. The Morgan fingerprint density at radius 3 is 2.86 bits per heavy atom. The van der Waals surface area contributed by atoms with Crippen LogP contribution in [0.15, 0.2) is 30.5 Å². The lowest BCUT2D eigenvalue weighted by molar-refractivity contribution is 0.00503. The zero-order valence-corrected chi connectivity index (χ0v) is 12.5. The number of fused-ring (bicyclic) bond motifs is 1. The Balaban J connectivity index is 1.78. The topological polar surface area (TPSA) is 71.2 Å². The zero-order valence-electron chi connectivity index (χ0n) is 12.5. The monoisotopic (exact) mass is 285 g/mol. The lowest BCUT2D eigenvalue weighted by Crippen LogP contribution is -2.40. The molecule has 3 rings (SSSR count). The SMILES string of the molecule is CC1CCC(O)(CNc2ccc(N)c3cccnc23)CC1. The van der Waals surface area contributed by atoms with Crippen molar-refractivity contribution in [2.45, 2.75) is 38.2 Å². The number of aliphatic hydroxyl groups is 1. The van der Waals surface area contributed by atoms with Gasteiger partial charge in [0.15, 0.2) is 0 Å². The fraction of sp³-hybridized carbons (Fsp3) is 0.471. The van der Waals surface area contributed by atoms with Crippen LogP contribution in [0.1, 0.15) is 32.6 Å². The summed E-state index contributed by atoms with van der Waals surface area (Å²) in [6.45, 7) is 2.82. The number of nitrogen functional groups attached to an aromatic ring is 1. The Kier molecular flexibility index (Phi) is 3.72. The highest BCUT2D eigenvalue weighted by Gasteiger charge is 2.31. The minimum absolute atomic E-state index is 0.565. The number of nitrogens with zero attached hydrogens (tertiary/aromatic N) is 1. The predicted molar refractivity (Wildman–Crippen MR) is 87.2 cm³/mol. The van der Waals surface area contributed by atoms with Gasteiger partial charge in [0.1, 0.15) is 0 Å². The molecule has 0 bridgehead atoms. The first kappa shape index (κ1) is 14.1. The van der Waals surface area contributed by atoms with E-state index in [2.05, 4.69) is 17.2 Å². The molecule has 21 heavy (non-hydrogen) atoms. The van der Waals surface area contributed by atoms with Crippen LogP contribution in [0.2, 0.25) is 0 Å². The van der Waals surface area contributed by atoms with Crippen LogP contribution in [0, 0.1) is 5.92 Å². The summed E-state index contributed by atoms with van der Waals surface area (Å²) >= 11 is 0. The largest absolute Gasteiger partial charge is 0.398 e. The standard InChI is InChI=1S/C17H23N3O/c1-12-6-8-17(21,9-7-12)11-20-15-5-4-14(18)13-3-2-10-19-16(13)15/h2-5,10,12,20-21H,6-9,11,18H2,1H3. The van der Waals surface area contributed by atoms with Gasteiger partial charge < -0.3 is 16.2 Å². The molecule has 1 heterocycles. The van der Waals surface area contributed by atoms with Crippen LogP contribution in [-0.2, 0) is 0 Å². The molecule has 4 N–H and O–H groups in total. The molecule has 0 atom stereocenters. The smallest absolute Gasteiger partial charge is 0.0953 e. The highest BCUT2D eigenvalue weighted by molar-refractivity contribution is 5.98. The number of nitrogens with two attached hydrogens (primary N) is 1. The van der Waals surface area contributed by atoms with Crippen molar-refractivity contribution in [2.24, 2.45) is 5.92 Å². The lowest BCUT2D eigenvalue weighted by atomic mass is 9.79. The molecule has 2 aromatic rings. The predicted octanol–water partition coefficient (Wildman–Crippen LogP) is 3.17. The molecule has 1 aliphatic rings. The number of benzene rings is 1. The molecule has 0 unspecified atom stereocenters. The van der Waals surface area contributed by atoms with Gasteiger partial charge in [-0.1, -0.05) is 6.92 Å². The summed E-state index contributed by atoms with van der Waals surface area (Å²) in [6.07, 6.45) is 5.69. The van der Waals surface area contributed by atoms with Crippen LogP contribution < -0.4 is 11.1 Å². The summed E-state index contributed by atoms with van der Waals surface area (Å²) in [6, 6.07) is 7.69. The molecule has 4 heteroatoms. The minimum Gasteiger partial charge on any atom is -0.398 e. The number of hydrogen-bond acceptors (Lipinski definition) is 4. The maximum absolute atomic E-state index is 10.7. The average Bonchev–Trinajstić information content (AvgIpc) is 2.50. The first-order valence-electron chi connectivity index (χ1n) is 7.67. The van der Waals surface area contributed by atoms with Gasteiger partial charge in [-0.2, -0.15) is 0 Å². The molecule has 0 spiro atoms. The number of hydrogen-bond donors (Lipinski definition) is 3. The van der Waals surface area contributed by atoms with Gasteiger partial charge in [-0.3, -0.25) is 4.98 Å². The molecule has 1 fully saturated rings. The average molecular weight is 285 g/mol. The summed E-state index contributed by atoms with van der Waals surface area (Å²) in [5.41, 5.74) is 7.92. The third-order valence-corrected chi connectivity index (χ3v) is 4.62. The summed E-state index contributed by atoms with van der Waals surface area (Å²) < 4.78 is 0. The molecule has 112 valence electrons. The van der Waals surface area contributed by atoms with Gasteiger partial charge in [-0.25, -0.2) is 0 Å². The van der Waals surface area contributed by atoms with Gasteiger partial charge in [0.2, 0.25) is 0 Å². The zero-order chi connectivity index (χ0) is 14.9. The maximum Gasteiger partial charge on any atom is 0.0953 e. The molecule has 0 saturated heterocycles. The second-order valence-electron chi connectivity index (χ2n) is 6.36. The first-order valence-corrected chi connectivity index (χ1v) is 7.67. The lowest BCUT2D eigenvalue weighted by Gasteiger charge is -2.35. The van der Waals surface area contributed by atoms with Crippen molar-refractivity contribution in [3.8, 4) is 0 Å². The van der Waals surface area contributed by atoms with Crippen molar-refractivity contribution >= 4 is 22.3 Å². The van der Waals surface area contributed by atoms with E-state index in [1.54, 1.807) is 6.20 Å². The van der Waals surface area contributed by atoms with Gasteiger partial charge in [-0.15, -0.1) is 0 Å². The summed E-state index contributed by atoms with van der Waals surface area (Å²) in [5, 5.41) is 15.0. The molecule has 1 aromatic heterocycles. The van der Waals surface area contributed by atoms with Gasteiger partial charge in [0, 0.05) is 23.8 Å². The number of nitrogens with one attached hydrogen (secondary N) is 1. The normalized spacial score (nSPS) is 25.9. The highest BCUT2D eigenvalue weighted by atomic mass is 16.3. The van der Waals surface area contributed by atoms with E-state index in [0.29, 0.717) is 6.54 Å². The van der Waals surface area contributed by atoms with E-state index < -0.39 is 5.60 Å². The van der Waals surface area contributed by atoms with Gasteiger partial charge in [0.25, 0.3) is 0 Å². The van der Waals surface area contributed by atoms with Crippen molar-refractivity contribution in [3.05, 3.63) is 30.5 Å². The van der Waals surface area contributed by atoms with E-state index in [4.69, 9.17) is 5.73 Å². The van der Waals surface area contributed by atoms with E-state index in [1.165, 1.54) is 0 Å². The van der Waals surface area contributed by atoms with Crippen molar-refractivity contribution in [1.82, 2.24) is 4.98 Å². The van der Waals surface area contributed by atoms with Crippen LogP contribution in [0.4, 0.5) is 11.4 Å². The molecule has 0 aliphatic heterocycles. The maximum atomic E-state index is 10.7. The molecular weight excluding hydrogens is 262 g/mol. The van der Waals surface area contributed by atoms with E-state index in [-0.39, 0.29) is 0 Å². The van der Waals surface area contributed by atoms with E-state index >= 15 is 0 Å². The van der Waals surface area contributed by atoms with Crippen molar-refractivity contribution < 1.29 is 5.11 Å². The minimum atomic E-state index is -0.602. The fourth-order valence-electron chi connectivity index (χ4n) is 3.07. The van der Waals surface area contributed by atoms with Crippen LogP contribution in [-0.4, -0.2) is 22.2 Å². The molecule has 1 aliphatic carbocycles. The van der Waals surface area contributed by atoms with Crippen molar-refractivity contribution in [3.63, 3.8) is 0 Å². The van der Waals surface area contributed by atoms with Crippen LogP contribution >= 0.6 is 0 Å². The quantitative estimate of drug-likeness (QED) is 0.757. The van der Waals surface area contributed by atoms with E-state index in [9.17, 15) is 5.11 Å². The summed E-state index contributed by atoms with van der Waals surface area (Å²) in [5.74, 6) is 0.726. The summed E-state index contributed by atoms with van der Waals surface area (Å²) in [7, 11) is 0. The number of aromatic nitrogens is 1. The molecular formula is C17H23N3O. The Labute approximate surface area is 125 Å². The Hall–Kier alpha value is -1.81. The van der Waals surface area contributed by atoms with Crippen molar-refractivity contribution in [1.29, 1.82) is 0 Å². The molecule has 0 amide bonds. The Morgan fingerprint density at radius 2 is 2.10 bits per heavy atom. The van der Waals surface area contributed by atoms with Crippen LogP contribution in [0.3, 0.4) is 0 Å². The Morgan fingerprint density at radius 1 is 1.33 bits per heavy atom. The molecule has 4 nitrogen and oxygen atoms in total. The van der Waals surface area contributed by atoms with E-state index in [1.807, 2.05) is 24.3 Å². The van der Waals surface area contributed by atoms with Gasteiger partial charge in [0.05, 0.1) is 16.8 Å². The van der Waals surface area contributed by atoms with Gasteiger partial charge >= 0.3 is 0 Å². The number of pyridine rings is 1. The van der Waals surface area contributed by atoms with Gasteiger partial charge in [-0.05, 0) is 55.9 Å². The second kappa shape index (κ2) is 5.53. The first-order chi connectivity index (χ1) is 10.1. The third-order valence-electron chi connectivity index (χ3n) is 4.62. The van der Waals surface area contributed by atoms with Crippen molar-refractivity contribution in [2.75, 3.05) is 17.6 Å². The highest BCUT2D eigenvalue weighted by Crippen LogP contribution is 2.33. The Bertz CT molecular complexity index is 633. The second-order valence-corrected chi connectivity index (χ2v) is 6.36. The third kappa shape index (κ3) is 2.95.